The molecule has 0 radical (unpaired) electrons. The number of nitrogens with one attached hydrogen (secondary N) is 1. The number of rotatable bonds is 8. The first-order valence-electron chi connectivity index (χ1n) is 13.1. The zero-order chi connectivity index (χ0) is 26.2. The minimum absolute atomic E-state index is 0.0632. The third kappa shape index (κ3) is 6.88. The minimum atomic E-state index is -0.156. The zero-order valence-electron chi connectivity index (χ0n) is 22.1. The molecule has 5 heteroatoms. The lowest BCUT2D eigenvalue weighted by Gasteiger charge is -2.30. The van der Waals surface area contributed by atoms with E-state index in [1.54, 1.807) is 13.1 Å². The molecule has 3 aromatic carbocycles. The fraction of sp³-hybridized carbons (Fsp3) is 0.312. The minimum Gasteiger partial charge on any atom is -0.378 e. The Kier molecular flexibility index (Phi) is 8.78. The van der Waals surface area contributed by atoms with E-state index in [2.05, 4.69) is 58.7 Å². The maximum Gasteiger partial charge on any atom is 0.243 e. The molecule has 0 atom stereocenters. The Morgan fingerprint density at radius 2 is 1.51 bits per heavy atom. The number of anilines is 2. The van der Waals surface area contributed by atoms with Crippen molar-refractivity contribution in [3.8, 4) is 11.1 Å². The third-order valence-corrected chi connectivity index (χ3v) is 7.09. The molecule has 0 bridgehead atoms. The van der Waals surface area contributed by atoms with E-state index in [4.69, 9.17) is 0 Å². The van der Waals surface area contributed by atoms with Crippen LogP contribution in [0.15, 0.2) is 78.9 Å². The Balaban J connectivity index is 1.58. The molecule has 1 aliphatic carbocycles. The van der Waals surface area contributed by atoms with Crippen LogP contribution < -0.4 is 15.1 Å². The highest BCUT2D eigenvalue weighted by Crippen LogP contribution is 2.30. The number of hydrogen-bond acceptors (Lipinski definition) is 3. The topological polar surface area (TPSA) is 52.7 Å². The van der Waals surface area contributed by atoms with E-state index >= 15 is 0 Å². The third-order valence-electron chi connectivity index (χ3n) is 7.09. The van der Waals surface area contributed by atoms with Gasteiger partial charge in [0.15, 0.2) is 0 Å². The Morgan fingerprint density at radius 1 is 0.865 bits per heavy atom. The van der Waals surface area contributed by atoms with Gasteiger partial charge in [-0.3, -0.25) is 9.59 Å². The quantitative estimate of drug-likeness (QED) is 0.374. The normalized spacial score (nSPS) is 13.9. The van der Waals surface area contributed by atoms with E-state index in [-0.39, 0.29) is 17.7 Å². The van der Waals surface area contributed by atoms with E-state index < -0.39 is 0 Å². The molecule has 1 saturated carbocycles. The van der Waals surface area contributed by atoms with Crippen LogP contribution in [0.5, 0.6) is 0 Å². The number of carbonyl (C=O) groups excluding carboxylic acids is 2. The van der Waals surface area contributed by atoms with Crippen molar-refractivity contribution in [2.75, 3.05) is 30.9 Å². The highest BCUT2D eigenvalue weighted by Gasteiger charge is 2.27. The van der Waals surface area contributed by atoms with Crippen molar-refractivity contribution in [3.05, 3.63) is 90.0 Å². The molecule has 5 nitrogen and oxygen atoms in total. The van der Waals surface area contributed by atoms with E-state index in [1.165, 1.54) is 23.7 Å². The van der Waals surface area contributed by atoms with Crippen molar-refractivity contribution in [1.82, 2.24) is 5.32 Å². The largest absolute Gasteiger partial charge is 0.378 e. The molecule has 0 spiro atoms. The predicted octanol–water partition coefficient (Wildman–Crippen LogP) is 6.29. The maximum atomic E-state index is 13.7. The summed E-state index contributed by atoms with van der Waals surface area (Å²) >= 11 is 0. The Bertz CT molecular complexity index is 1220. The van der Waals surface area contributed by atoms with Crippen LogP contribution in [0.3, 0.4) is 0 Å². The molecule has 1 aliphatic rings. The van der Waals surface area contributed by atoms with Crippen LogP contribution in [0.1, 0.15) is 43.2 Å². The second-order valence-corrected chi connectivity index (χ2v) is 9.94. The first kappa shape index (κ1) is 26.2. The second-order valence-electron chi connectivity index (χ2n) is 9.94. The molecular formula is C32H37N3O2. The number of benzene rings is 3. The van der Waals surface area contributed by atoms with Crippen molar-refractivity contribution >= 4 is 29.3 Å². The Morgan fingerprint density at radius 3 is 2.14 bits per heavy atom. The van der Waals surface area contributed by atoms with Gasteiger partial charge in [-0.25, -0.2) is 0 Å². The van der Waals surface area contributed by atoms with Gasteiger partial charge in [-0.1, -0.05) is 67.8 Å². The van der Waals surface area contributed by atoms with Gasteiger partial charge in [-0.05, 0) is 65.4 Å². The predicted molar refractivity (Wildman–Crippen MR) is 154 cm³/mol. The van der Waals surface area contributed by atoms with Gasteiger partial charge in [0.1, 0.15) is 0 Å². The van der Waals surface area contributed by atoms with Crippen molar-refractivity contribution in [2.45, 2.75) is 38.6 Å². The highest BCUT2D eigenvalue weighted by atomic mass is 16.2. The molecule has 2 amide bonds. The Hall–Kier alpha value is -3.86. The zero-order valence-corrected chi connectivity index (χ0v) is 22.1. The van der Waals surface area contributed by atoms with Crippen molar-refractivity contribution in [1.29, 1.82) is 0 Å². The van der Waals surface area contributed by atoms with E-state index in [0.717, 1.165) is 48.1 Å². The van der Waals surface area contributed by atoms with Gasteiger partial charge in [0.05, 0.1) is 6.54 Å². The van der Waals surface area contributed by atoms with Gasteiger partial charge in [-0.2, -0.15) is 0 Å². The Labute approximate surface area is 220 Å². The smallest absolute Gasteiger partial charge is 0.243 e. The SMILES string of the molecule is CNC(=O)C=Cc1cccc(N(Cc2ccc(-c3ccc(N(C)C)cc3)cc2)C(=O)C2CCCCC2)c1. The lowest BCUT2D eigenvalue weighted by Crippen LogP contribution is -2.36. The summed E-state index contributed by atoms with van der Waals surface area (Å²) in [5.41, 5.74) is 6.33. The summed E-state index contributed by atoms with van der Waals surface area (Å²) in [5.74, 6) is 0.0979. The number of likely N-dealkylation sites (N-methyl/N-ethyl adjacent to an activating group) is 1. The average molecular weight is 496 g/mol. The lowest BCUT2D eigenvalue weighted by molar-refractivity contribution is -0.123. The molecule has 0 unspecified atom stereocenters. The molecule has 1 fully saturated rings. The van der Waals surface area contributed by atoms with Gasteiger partial charge in [-0.15, -0.1) is 0 Å². The summed E-state index contributed by atoms with van der Waals surface area (Å²) in [5, 5.41) is 2.60. The van der Waals surface area contributed by atoms with Gasteiger partial charge in [0.25, 0.3) is 0 Å². The second kappa shape index (κ2) is 12.4. The van der Waals surface area contributed by atoms with E-state index in [9.17, 15) is 9.59 Å². The molecule has 3 aromatic rings. The molecular weight excluding hydrogens is 458 g/mol. The van der Waals surface area contributed by atoms with Crippen LogP contribution in [0.2, 0.25) is 0 Å². The van der Waals surface area contributed by atoms with E-state index in [0.29, 0.717) is 6.54 Å². The average Bonchev–Trinajstić information content (AvgIpc) is 2.95. The number of amides is 2. The van der Waals surface area contributed by atoms with Gasteiger partial charge >= 0.3 is 0 Å². The van der Waals surface area contributed by atoms with Crippen LogP contribution in [-0.2, 0) is 16.1 Å². The first-order valence-corrected chi connectivity index (χ1v) is 13.1. The maximum absolute atomic E-state index is 13.7. The summed E-state index contributed by atoms with van der Waals surface area (Å²) in [4.78, 5) is 29.4. The van der Waals surface area contributed by atoms with Crippen LogP contribution in [0.25, 0.3) is 17.2 Å². The van der Waals surface area contributed by atoms with Crippen LogP contribution >= 0.6 is 0 Å². The standard InChI is InChI=1S/C32H37N3O2/c1-33-31(36)21-14-24-8-7-11-30(22-24)35(32(37)28-9-5-4-6-10-28)23-25-12-15-26(16-13-25)27-17-19-29(20-18-27)34(2)3/h7-8,11-22,28H,4-6,9-10,23H2,1-3H3,(H,33,36). The fourth-order valence-corrected chi connectivity index (χ4v) is 4.86. The molecule has 0 aliphatic heterocycles. The summed E-state index contributed by atoms with van der Waals surface area (Å²) in [6, 6.07) is 24.9. The van der Waals surface area contributed by atoms with Crippen LogP contribution in [0, 0.1) is 5.92 Å². The fourth-order valence-electron chi connectivity index (χ4n) is 4.86. The molecule has 1 N–H and O–H groups in total. The first-order chi connectivity index (χ1) is 17.9. The number of carbonyl (C=O) groups is 2. The molecule has 0 heterocycles. The molecule has 192 valence electrons. The summed E-state index contributed by atoms with van der Waals surface area (Å²) in [6.07, 6.45) is 8.63. The van der Waals surface area contributed by atoms with Gasteiger partial charge in [0.2, 0.25) is 11.8 Å². The van der Waals surface area contributed by atoms with Crippen LogP contribution in [0.4, 0.5) is 11.4 Å². The summed E-state index contributed by atoms with van der Waals surface area (Å²) in [6.45, 7) is 0.512. The monoisotopic (exact) mass is 495 g/mol. The molecule has 4 rings (SSSR count). The van der Waals surface area contributed by atoms with Gasteiger partial charge in [0, 0.05) is 44.5 Å². The molecule has 0 saturated heterocycles. The molecule has 37 heavy (non-hydrogen) atoms. The lowest BCUT2D eigenvalue weighted by atomic mass is 9.88. The van der Waals surface area contributed by atoms with Crippen molar-refractivity contribution in [2.24, 2.45) is 5.92 Å². The number of hydrogen-bond donors (Lipinski definition) is 1. The summed E-state index contributed by atoms with van der Waals surface area (Å²) in [7, 11) is 5.69. The number of nitrogens with zero attached hydrogens (tertiary/aromatic N) is 2. The van der Waals surface area contributed by atoms with Gasteiger partial charge < -0.3 is 15.1 Å². The van der Waals surface area contributed by atoms with E-state index in [1.807, 2.05) is 43.3 Å². The van der Waals surface area contributed by atoms with Crippen LogP contribution in [-0.4, -0.2) is 33.0 Å². The highest BCUT2D eigenvalue weighted by molar-refractivity contribution is 5.96. The van der Waals surface area contributed by atoms with Crippen molar-refractivity contribution < 1.29 is 9.59 Å². The summed E-state index contributed by atoms with van der Waals surface area (Å²) < 4.78 is 0. The van der Waals surface area contributed by atoms with Crippen molar-refractivity contribution in [3.63, 3.8) is 0 Å². The molecule has 0 aromatic heterocycles.